The summed E-state index contributed by atoms with van der Waals surface area (Å²) in [5.74, 6) is 2.28. The third kappa shape index (κ3) is 5.48. The van der Waals surface area contributed by atoms with Crippen LogP contribution in [-0.4, -0.2) is 78.5 Å². The molecule has 1 radical (unpaired) electrons. The molecule has 7 rings (SSSR count). The number of imidazole rings is 2. The normalized spacial score (nSPS) is 18.7. The van der Waals surface area contributed by atoms with Crippen molar-refractivity contribution < 1.29 is 19.1 Å². The number of hydrogen-bond donors (Lipinski definition) is 3. The Morgan fingerprint density at radius 3 is 1.90 bits per heavy atom. The highest BCUT2D eigenvalue weighted by Gasteiger charge is 2.35. The molecule has 1 unspecified atom stereocenters. The van der Waals surface area contributed by atoms with Gasteiger partial charge >= 0.3 is 6.09 Å². The van der Waals surface area contributed by atoms with E-state index >= 15 is 0 Å². The Bertz CT molecular complexity index is 2020. The second-order valence-electron chi connectivity index (χ2n) is 13.1. The van der Waals surface area contributed by atoms with Crippen molar-refractivity contribution in [1.29, 1.82) is 0 Å². The van der Waals surface area contributed by atoms with Gasteiger partial charge in [-0.25, -0.2) is 14.8 Å². The third-order valence-electron chi connectivity index (χ3n) is 9.82. The molecule has 3 aromatic heterocycles. The molecule has 2 aromatic carbocycles. The van der Waals surface area contributed by atoms with Gasteiger partial charge in [0.05, 0.1) is 48.9 Å². The van der Waals surface area contributed by atoms with Gasteiger partial charge < -0.3 is 34.4 Å². The summed E-state index contributed by atoms with van der Waals surface area (Å²) in [6.07, 6.45) is 6.58. The molecule has 12 heteroatoms. The molecule has 3 N–H and O–H groups in total. The highest BCUT2D eigenvalue weighted by molar-refractivity contribution is 6.09. The van der Waals surface area contributed by atoms with Crippen LogP contribution in [0.1, 0.15) is 70.2 Å². The number of methoxy groups -OCH3 is 1. The van der Waals surface area contributed by atoms with Crippen LogP contribution in [-0.2, 0) is 21.4 Å². The molecule has 2 aliphatic rings. The molecule has 2 fully saturated rings. The maximum Gasteiger partial charge on any atom is 0.407 e. The van der Waals surface area contributed by atoms with E-state index < -0.39 is 12.1 Å². The Hall–Kier alpha value is -5.13. The Labute approximate surface area is 278 Å². The van der Waals surface area contributed by atoms with Gasteiger partial charge in [0.1, 0.15) is 17.7 Å². The van der Waals surface area contributed by atoms with Gasteiger partial charge in [0.2, 0.25) is 11.8 Å². The number of benzene rings is 2. The van der Waals surface area contributed by atoms with E-state index in [9.17, 15) is 14.4 Å². The van der Waals surface area contributed by atoms with Crippen LogP contribution in [0, 0.1) is 5.92 Å². The molecule has 5 aromatic rings. The molecular weight excluding hydrogens is 608 g/mol. The molecule has 0 saturated carbocycles. The number of fused-ring (bicyclic) bond motifs is 3. The monoisotopic (exact) mass is 649 g/mol. The topological polar surface area (TPSA) is 141 Å². The van der Waals surface area contributed by atoms with Gasteiger partial charge in [0.15, 0.2) is 0 Å². The fraction of sp³-hybridized carbons (Fsp3) is 0.389. The maximum absolute atomic E-state index is 13.2. The van der Waals surface area contributed by atoms with E-state index in [4.69, 9.17) is 4.98 Å². The lowest BCUT2D eigenvalue weighted by Gasteiger charge is -2.26. The van der Waals surface area contributed by atoms with Crippen LogP contribution in [0.3, 0.4) is 0 Å². The van der Waals surface area contributed by atoms with Crippen molar-refractivity contribution in [1.82, 2.24) is 39.6 Å². The lowest BCUT2D eigenvalue weighted by atomic mass is 10.1. The molecule has 2 aliphatic heterocycles. The molecule has 3 atom stereocenters. The number of ether oxygens (including phenoxy) is 1. The van der Waals surface area contributed by atoms with E-state index in [2.05, 4.69) is 73.0 Å². The van der Waals surface area contributed by atoms with Crippen LogP contribution < -0.4 is 5.32 Å². The Morgan fingerprint density at radius 1 is 0.854 bits per heavy atom. The quantitative estimate of drug-likeness (QED) is 0.204. The lowest BCUT2D eigenvalue weighted by Crippen LogP contribution is -2.46. The van der Waals surface area contributed by atoms with Crippen LogP contribution >= 0.6 is 0 Å². The zero-order valence-electron chi connectivity index (χ0n) is 28.0. The van der Waals surface area contributed by atoms with Crippen LogP contribution in [0.25, 0.3) is 44.3 Å². The van der Waals surface area contributed by atoms with E-state index in [0.717, 1.165) is 94.1 Å². The first-order chi connectivity index (χ1) is 23.1. The first-order valence-electron chi connectivity index (χ1n) is 16.5. The number of carbonyl (C=O) groups excluding carboxylic acids is 3. The second-order valence-corrected chi connectivity index (χ2v) is 13.1. The smallest absolute Gasteiger partial charge is 0.407 e. The summed E-state index contributed by atoms with van der Waals surface area (Å²) in [7, 11) is 3.35. The summed E-state index contributed by atoms with van der Waals surface area (Å²) in [5.41, 5.74) is 6.02. The maximum atomic E-state index is 13.2. The Balaban J connectivity index is 1.14. The number of H-pyrrole nitrogens is 2. The average molecular weight is 650 g/mol. The predicted octanol–water partition coefficient (Wildman–Crippen LogP) is 5.80. The fourth-order valence-electron chi connectivity index (χ4n) is 7.29. The van der Waals surface area contributed by atoms with Crippen molar-refractivity contribution >= 4 is 39.7 Å². The van der Waals surface area contributed by atoms with Gasteiger partial charge in [-0.15, -0.1) is 0 Å². The largest absolute Gasteiger partial charge is 0.453 e. The van der Waals surface area contributed by atoms with Crippen molar-refractivity contribution in [2.45, 2.75) is 64.6 Å². The van der Waals surface area contributed by atoms with Crippen molar-refractivity contribution in [2.75, 3.05) is 20.2 Å². The van der Waals surface area contributed by atoms with E-state index in [-0.39, 0.29) is 23.9 Å². The number of amides is 3. The Morgan fingerprint density at radius 2 is 1.38 bits per heavy atom. The molecule has 0 spiro atoms. The van der Waals surface area contributed by atoms with Crippen LogP contribution in [0.15, 0.2) is 48.8 Å². The first-order valence-corrected chi connectivity index (χ1v) is 16.5. The third-order valence-corrected chi connectivity index (χ3v) is 9.82. The standard InChI is InChI=1S/C36H41N8O4/c1-20(2)34(45)43-14-6-8-28(43)32-37-18-26(40-32)22-10-12-24-25-13-11-23(17-31(25)42(4)30(24)16-22)27-19-38-33(41-27)29-9-7-15-44(29)35(46)21(3)39-36(47)48-5/h10-13,16-19,21,28-29H,6-9,14-15H2,1-5H3,(H,37,40)(H,38,41)(H,39,47)/t21-,28-,29?/m0/s1. The van der Waals surface area contributed by atoms with Crippen molar-refractivity contribution in [3.8, 4) is 22.5 Å². The van der Waals surface area contributed by atoms with Gasteiger partial charge in [-0.2, -0.15) is 0 Å². The minimum atomic E-state index is -0.700. The first kappa shape index (κ1) is 31.5. The molecule has 3 amide bonds. The van der Waals surface area contributed by atoms with Gasteiger partial charge in [-0.05, 0) is 58.6 Å². The number of hydrogen-bond acceptors (Lipinski definition) is 6. The summed E-state index contributed by atoms with van der Waals surface area (Å²) in [6, 6.07) is 11.9. The highest BCUT2D eigenvalue weighted by atomic mass is 16.5. The van der Waals surface area contributed by atoms with Crippen molar-refractivity contribution in [3.05, 3.63) is 66.4 Å². The SMILES string of the molecule is COC(=O)N[C@@H](C)C(=O)N1CCCC1c1ncc(-c2ccc3c4ccc(-c5cnc([C@@H]6CCCN6C(=O)[C](C)C)[nH]5)cc4n(C)c3c2)[nH]1. The number of carbonyl (C=O) groups is 3. The minimum absolute atomic E-state index is 0.0340. The molecule has 48 heavy (non-hydrogen) atoms. The molecule has 0 aliphatic carbocycles. The highest BCUT2D eigenvalue weighted by Crippen LogP contribution is 2.37. The van der Waals surface area contributed by atoms with Crippen molar-refractivity contribution in [3.63, 3.8) is 0 Å². The number of aromatic amines is 2. The van der Waals surface area contributed by atoms with E-state index in [1.807, 2.05) is 31.1 Å². The number of likely N-dealkylation sites (tertiary alicyclic amines) is 2. The van der Waals surface area contributed by atoms with Gasteiger partial charge in [-0.3, -0.25) is 9.59 Å². The summed E-state index contributed by atoms with van der Waals surface area (Å²) < 4.78 is 6.86. The number of aryl methyl sites for hydroxylation is 1. The molecule has 12 nitrogen and oxygen atoms in total. The van der Waals surface area contributed by atoms with Crippen LogP contribution in [0.5, 0.6) is 0 Å². The summed E-state index contributed by atoms with van der Waals surface area (Å²) in [5, 5.41) is 4.88. The zero-order valence-corrected chi connectivity index (χ0v) is 28.0. The fourth-order valence-corrected chi connectivity index (χ4v) is 7.29. The van der Waals surface area contributed by atoms with E-state index in [0.29, 0.717) is 6.54 Å². The predicted molar refractivity (Wildman–Crippen MR) is 183 cm³/mol. The summed E-state index contributed by atoms with van der Waals surface area (Å²) in [4.78, 5) is 57.7. The lowest BCUT2D eigenvalue weighted by molar-refractivity contribution is -0.134. The number of nitrogens with zero attached hydrogens (tertiary/aromatic N) is 5. The van der Waals surface area contributed by atoms with Gasteiger partial charge in [0, 0.05) is 53.1 Å². The second kappa shape index (κ2) is 12.5. The van der Waals surface area contributed by atoms with Gasteiger partial charge in [0.25, 0.3) is 0 Å². The van der Waals surface area contributed by atoms with Gasteiger partial charge in [-0.1, -0.05) is 24.3 Å². The number of alkyl carbamates (subject to hydrolysis) is 1. The Kier molecular flexibility index (Phi) is 8.18. The van der Waals surface area contributed by atoms with Crippen molar-refractivity contribution in [2.24, 2.45) is 7.05 Å². The van der Waals surface area contributed by atoms with Crippen LogP contribution in [0.2, 0.25) is 0 Å². The molecule has 5 heterocycles. The molecule has 0 bridgehead atoms. The van der Waals surface area contributed by atoms with E-state index in [1.54, 1.807) is 11.8 Å². The average Bonchev–Trinajstić information content (AvgIpc) is 3.93. The number of aromatic nitrogens is 5. The minimum Gasteiger partial charge on any atom is -0.453 e. The zero-order chi connectivity index (χ0) is 33.7. The summed E-state index contributed by atoms with van der Waals surface area (Å²) >= 11 is 0. The molecule has 249 valence electrons. The molecule has 2 saturated heterocycles. The number of nitrogens with one attached hydrogen (secondary N) is 3. The number of rotatable bonds is 7. The summed E-state index contributed by atoms with van der Waals surface area (Å²) in [6.45, 7) is 6.75. The van der Waals surface area contributed by atoms with E-state index in [1.165, 1.54) is 7.11 Å². The molecular formula is C36H41N8O4. The van der Waals surface area contributed by atoms with Crippen LogP contribution in [0.4, 0.5) is 4.79 Å².